The Balaban J connectivity index is 1.40. The van der Waals surface area contributed by atoms with Crippen molar-refractivity contribution in [2.75, 3.05) is 6.61 Å². The monoisotopic (exact) mass is 388 g/mol. The van der Waals surface area contributed by atoms with Crippen LogP contribution >= 0.6 is 0 Å². The molecule has 1 aliphatic heterocycles. The van der Waals surface area contributed by atoms with Crippen molar-refractivity contribution in [2.24, 2.45) is 5.41 Å². The first-order chi connectivity index (χ1) is 14.1. The molecule has 150 valence electrons. The van der Waals surface area contributed by atoms with Gasteiger partial charge in [-0.25, -0.2) is 0 Å². The van der Waals surface area contributed by atoms with Crippen molar-refractivity contribution in [3.8, 4) is 11.5 Å². The molecule has 29 heavy (non-hydrogen) atoms. The van der Waals surface area contributed by atoms with E-state index < -0.39 is 0 Å². The first kappa shape index (κ1) is 18.5. The van der Waals surface area contributed by atoms with E-state index in [9.17, 15) is 4.79 Å². The van der Waals surface area contributed by atoms with E-state index in [-0.39, 0.29) is 17.4 Å². The number of ether oxygens (including phenoxy) is 2. The molecule has 3 aliphatic rings. The highest BCUT2D eigenvalue weighted by Crippen LogP contribution is 2.48. The maximum atomic E-state index is 10.9. The molecule has 0 saturated carbocycles. The van der Waals surface area contributed by atoms with Crippen molar-refractivity contribution < 1.29 is 14.3 Å². The Morgan fingerprint density at radius 3 is 2.90 bits per heavy atom. The fourth-order valence-electron chi connectivity index (χ4n) is 5.26. The standard InChI is InChI=1S/C26H28O3/c1-26(2)13-4-7-23(26)21-5-3-6-22-20(21)10-11-24(22)29-18-8-9-19-17(12-14-27)16-28-25(19)15-18/h3,5-9,14-15,17,24H,4,10-13,16H2,1-2H3/t17-,24-/m1/s1. The van der Waals surface area contributed by atoms with Gasteiger partial charge in [0.1, 0.15) is 23.9 Å². The van der Waals surface area contributed by atoms with E-state index in [1.54, 1.807) is 0 Å². The SMILES string of the molecule is CC1(C)CCC=C1c1cccc2c1CC[C@H]2Oc1ccc2c(c1)OC[C@H]2CC=O. The summed E-state index contributed by atoms with van der Waals surface area (Å²) in [6.45, 7) is 5.30. The summed E-state index contributed by atoms with van der Waals surface area (Å²) in [5, 5.41) is 0. The Bertz CT molecular complexity index is 985. The van der Waals surface area contributed by atoms with Gasteiger partial charge in [-0.2, -0.15) is 0 Å². The summed E-state index contributed by atoms with van der Waals surface area (Å²) in [5.41, 5.74) is 7.08. The summed E-state index contributed by atoms with van der Waals surface area (Å²) in [6.07, 6.45) is 8.47. The predicted octanol–water partition coefficient (Wildman–Crippen LogP) is 6.02. The van der Waals surface area contributed by atoms with Gasteiger partial charge in [-0.3, -0.25) is 0 Å². The highest BCUT2D eigenvalue weighted by atomic mass is 16.5. The zero-order valence-corrected chi connectivity index (χ0v) is 17.2. The first-order valence-electron chi connectivity index (χ1n) is 10.8. The van der Waals surface area contributed by atoms with Crippen LogP contribution in [0.3, 0.4) is 0 Å². The summed E-state index contributed by atoms with van der Waals surface area (Å²) in [5.74, 6) is 1.88. The van der Waals surface area contributed by atoms with E-state index in [0.717, 1.165) is 36.2 Å². The summed E-state index contributed by atoms with van der Waals surface area (Å²) < 4.78 is 12.2. The van der Waals surface area contributed by atoms with E-state index in [4.69, 9.17) is 9.47 Å². The second-order valence-electron chi connectivity index (χ2n) is 9.17. The molecule has 0 fully saturated rings. The van der Waals surface area contributed by atoms with Crippen molar-refractivity contribution in [3.05, 3.63) is 64.7 Å². The van der Waals surface area contributed by atoms with Gasteiger partial charge < -0.3 is 14.3 Å². The van der Waals surface area contributed by atoms with Gasteiger partial charge in [-0.1, -0.05) is 44.2 Å². The topological polar surface area (TPSA) is 35.5 Å². The molecule has 1 heterocycles. The smallest absolute Gasteiger partial charge is 0.126 e. The molecule has 2 aromatic carbocycles. The molecule has 2 atom stereocenters. The van der Waals surface area contributed by atoms with Gasteiger partial charge in [0.25, 0.3) is 0 Å². The molecule has 3 heteroatoms. The molecule has 0 aromatic heterocycles. The molecule has 0 N–H and O–H groups in total. The fraction of sp³-hybridized carbons (Fsp3) is 0.423. The lowest BCUT2D eigenvalue weighted by molar-refractivity contribution is -0.108. The second kappa shape index (κ2) is 7.05. The molecule has 5 rings (SSSR count). The highest BCUT2D eigenvalue weighted by molar-refractivity contribution is 5.75. The second-order valence-corrected chi connectivity index (χ2v) is 9.17. The Morgan fingerprint density at radius 1 is 1.21 bits per heavy atom. The number of carbonyl (C=O) groups excluding carboxylic acids is 1. The molecule has 0 unspecified atom stereocenters. The number of carbonyl (C=O) groups is 1. The first-order valence-corrected chi connectivity index (χ1v) is 10.8. The zero-order valence-electron chi connectivity index (χ0n) is 17.2. The van der Waals surface area contributed by atoms with Crippen molar-refractivity contribution in [3.63, 3.8) is 0 Å². The van der Waals surface area contributed by atoms with Crippen LogP contribution in [0.2, 0.25) is 0 Å². The molecule has 0 amide bonds. The van der Waals surface area contributed by atoms with Gasteiger partial charge in [0.05, 0.1) is 6.61 Å². The third-order valence-electron chi connectivity index (χ3n) is 6.88. The quantitative estimate of drug-likeness (QED) is 0.588. The molecule has 2 aliphatic carbocycles. The van der Waals surface area contributed by atoms with Gasteiger partial charge in [0, 0.05) is 24.0 Å². The van der Waals surface area contributed by atoms with Crippen LogP contribution in [0.5, 0.6) is 11.5 Å². The Hall–Kier alpha value is -2.55. The number of aldehydes is 1. The lowest BCUT2D eigenvalue weighted by Crippen LogP contribution is -2.10. The van der Waals surface area contributed by atoms with Gasteiger partial charge in [0.2, 0.25) is 0 Å². The van der Waals surface area contributed by atoms with Gasteiger partial charge in [-0.05, 0) is 59.4 Å². The maximum absolute atomic E-state index is 10.9. The van der Waals surface area contributed by atoms with Crippen LogP contribution in [-0.4, -0.2) is 12.9 Å². The van der Waals surface area contributed by atoms with E-state index >= 15 is 0 Å². The van der Waals surface area contributed by atoms with Crippen LogP contribution in [0.15, 0.2) is 42.5 Å². The summed E-state index contributed by atoms with van der Waals surface area (Å²) >= 11 is 0. The van der Waals surface area contributed by atoms with Gasteiger partial charge in [-0.15, -0.1) is 0 Å². The van der Waals surface area contributed by atoms with E-state index in [2.05, 4.69) is 44.2 Å². The normalized spacial score (nSPS) is 23.9. The maximum Gasteiger partial charge on any atom is 0.126 e. The molecule has 0 bridgehead atoms. The number of fused-ring (bicyclic) bond motifs is 2. The van der Waals surface area contributed by atoms with Crippen LogP contribution < -0.4 is 9.47 Å². The average Bonchev–Trinajstić information content (AvgIpc) is 3.39. The summed E-state index contributed by atoms with van der Waals surface area (Å²) in [6, 6.07) is 12.8. The number of allylic oxidation sites excluding steroid dienone is 2. The molecule has 2 aromatic rings. The predicted molar refractivity (Wildman–Crippen MR) is 114 cm³/mol. The van der Waals surface area contributed by atoms with Gasteiger partial charge >= 0.3 is 0 Å². The van der Waals surface area contributed by atoms with Crippen LogP contribution in [-0.2, 0) is 11.2 Å². The van der Waals surface area contributed by atoms with E-state index in [0.29, 0.717) is 13.0 Å². The molecule has 0 spiro atoms. The summed E-state index contributed by atoms with van der Waals surface area (Å²) in [4.78, 5) is 10.9. The lowest BCUT2D eigenvalue weighted by atomic mass is 9.80. The number of hydrogen-bond donors (Lipinski definition) is 0. The van der Waals surface area contributed by atoms with Crippen molar-refractivity contribution in [1.82, 2.24) is 0 Å². The number of hydrogen-bond acceptors (Lipinski definition) is 3. The third kappa shape index (κ3) is 3.17. The average molecular weight is 389 g/mol. The van der Waals surface area contributed by atoms with Crippen LogP contribution in [0.25, 0.3) is 5.57 Å². The van der Waals surface area contributed by atoms with Crippen LogP contribution in [0.4, 0.5) is 0 Å². The molecular weight excluding hydrogens is 360 g/mol. The summed E-state index contributed by atoms with van der Waals surface area (Å²) in [7, 11) is 0. The van der Waals surface area contributed by atoms with Crippen LogP contribution in [0, 0.1) is 5.41 Å². The van der Waals surface area contributed by atoms with E-state index in [1.165, 1.54) is 35.1 Å². The van der Waals surface area contributed by atoms with Gasteiger partial charge in [0.15, 0.2) is 0 Å². The number of rotatable bonds is 5. The molecule has 3 nitrogen and oxygen atoms in total. The molecule has 0 saturated heterocycles. The van der Waals surface area contributed by atoms with Crippen molar-refractivity contribution in [2.45, 2.75) is 58.0 Å². The van der Waals surface area contributed by atoms with Crippen LogP contribution in [0.1, 0.15) is 73.8 Å². The third-order valence-corrected chi connectivity index (χ3v) is 6.88. The Morgan fingerprint density at radius 2 is 2.10 bits per heavy atom. The van der Waals surface area contributed by atoms with E-state index in [1.807, 2.05) is 12.1 Å². The minimum atomic E-state index is 0.0836. The zero-order chi connectivity index (χ0) is 20.0. The minimum Gasteiger partial charge on any atom is -0.492 e. The molecule has 0 radical (unpaired) electrons. The Kier molecular flexibility index (Phi) is 4.49. The largest absolute Gasteiger partial charge is 0.492 e. The molecular formula is C26H28O3. The lowest BCUT2D eigenvalue weighted by Gasteiger charge is -2.25. The highest BCUT2D eigenvalue weighted by Gasteiger charge is 2.33. The van der Waals surface area contributed by atoms with Crippen molar-refractivity contribution >= 4 is 11.9 Å². The number of benzene rings is 2. The Labute approximate surface area is 172 Å². The minimum absolute atomic E-state index is 0.0836. The fourth-order valence-corrected chi connectivity index (χ4v) is 5.26. The van der Waals surface area contributed by atoms with Crippen molar-refractivity contribution in [1.29, 1.82) is 0 Å².